The molecule has 5 heteroatoms. The summed E-state index contributed by atoms with van der Waals surface area (Å²) in [5, 5.41) is 12.7. The fourth-order valence-electron chi connectivity index (χ4n) is 1.43. The summed E-state index contributed by atoms with van der Waals surface area (Å²) in [6, 6.07) is 7.07. The van der Waals surface area contributed by atoms with Gasteiger partial charge in [-0.05, 0) is 31.5 Å². The second kappa shape index (κ2) is 6.78. The van der Waals surface area contributed by atoms with Crippen molar-refractivity contribution in [3.8, 4) is 5.75 Å². The molecule has 1 atom stereocenters. The Morgan fingerprint density at radius 2 is 2.00 bits per heavy atom. The summed E-state index contributed by atoms with van der Waals surface area (Å²) in [7, 11) is 1.58. The molecule has 19 heavy (non-hydrogen) atoms. The number of carbonyl (C=O) groups excluding carboxylic acids is 1. The monoisotopic (exact) mass is 285 g/mol. The number of rotatable bonds is 6. The van der Waals surface area contributed by atoms with Crippen molar-refractivity contribution in [1.29, 1.82) is 0 Å². The van der Waals surface area contributed by atoms with Crippen LogP contribution in [0.5, 0.6) is 5.75 Å². The molecule has 1 aromatic rings. The van der Waals surface area contributed by atoms with E-state index >= 15 is 0 Å². The number of hydrogen-bond acceptors (Lipinski definition) is 3. The van der Waals surface area contributed by atoms with E-state index in [0.29, 0.717) is 0 Å². The van der Waals surface area contributed by atoms with Crippen molar-refractivity contribution in [3.63, 3.8) is 0 Å². The second-order valence-electron chi connectivity index (χ2n) is 5.02. The van der Waals surface area contributed by atoms with Crippen molar-refractivity contribution in [2.24, 2.45) is 5.41 Å². The molecule has 2 N–H and O–H groups in total. The molecule has 0 heterocycles. The number of benzene rings is 1. The number of aliphatic hydroxyl groups is 1. The van der Waals surface area contributed by atoms with Crippen molar-refractivity contribution in [2.75, 3.05) is 19.5 Å². The highest BCUT2D eigenvalue weighted by Crippen LogP contribution is 2.19. The van der Waals surface area contributed by atoms with Gasteiger partial charge in [0.2, 0.25) is 5.91 Å². The Bertz CT molecular complexity index is 417. The molecule has 0 aliphatic rings. The molecular weight excluding hydrogens is 266 g/mol. The molecule has 1 amide bonds. The normalized spacial score (nSPS) is 12.9. The van der Waals surface area contributed by atoms with E-state index in [9.17, 15) is 9.90 Å². The molecule has 1 rings (SSSR count). The number of ether oxygens (including phenoxy) is 1. The molecule has 0 aliphatic heterocycles. The van der Waals surface area contributed by atoms with Gasteiger partial charge in [0.1, 0.15) is 5.75 Å². The lowest BCUT2D eigenvalue weighted by Crippen LogP contribution is -2.40. The van der Waals surface area contributed by atoms with Crippen LogP contribution in [0.1, 0.15) is 25.5 Å². The Morgan fingerprint density at radius 1 is 1.42 bits per heavy atom. The zero-order chi connectivity index (χ0) is 14.5. The quantitative estimate of drug-likeness (QED) is 0.787. The van der Waals surface area contributed by atoms with Gasteiger partial charge in [0.15, 0.2) is 0 Å². The Labute approximate surface area is 118 Å². The summed E-state index contributed by atoms with van der Waals surface area (Å²) in [6.45, 7) is 3.68. The molecule has 0 radical (unpaired) electrons. The first-order valence-corrected chi connectivity index (χ1v) is 6.60. The van der Waals surface area contributed by atoms with E-state index in [0.717, 1.165) is 11.3 Å². The van der Waals surface area contributed by atoms with Crippen LogP contribution in [0.3, 0.4) is 0 Å². The van der Waals surface area contributed by atoms with Crippen LogP contribution in [0.4, 0.5) is 0 Å². The fourth-order valence-corrected chi connectivity index (χ4v) is 1.55. The minimum absolute atomic E-state index is 0.158. The molecule has 4 nitrogen and oxygen atoms in total. The van der Waals surface area contributed by atoms with Crippen LogP contribution < -0.4 is 10.1 Å². The van der Waals surface area contributed by atoms with Gasteiger partial charge < -0.3 is 15.2 Å². The summed E-state index contributed by atoms with van der Waals surface area (Å²) in [6.07, 6.45) is -0.749. The van der Waals surface area contributed by atoms with Gasteiger partial charge in [-0.1, -0.05) is 12.1 Å². The number of halogens is 1. The number of methoxy groups -OCH3 is 1. The van der Waals surface area contributed by atoms with E-state index in [-0.39, 0.29) is 18.3 Å². The number of amides is 1. The van der Waals surface area contributed by atoms with Crippen LogP contribution in [0.2, 0.25) is 0 Å². The predicted octanol–water partition coefficient (Wildman–Crippen LogP) is 2.11. The van der Waals surface area contributed by atoms with Gasteiger partial charge >= 0.3 is 0 Å². The van der Waals surface area contributed by atoms with Gasteiger partial charge in [-0.25, -0.2) is 0 Å². The first-order valence-electron chi connectivity index (χ1n) is 6.07. The maximum atomic E-state index is 11.8. The molecule has 0 fully saturated rings. The lowest BCUT2D eigenvalue weighted by molar-refractivity contribution is -0.128. The van der Waals surface area contributed by atoms with Crippen LogP contribution in [-0.2, 0) is 4.79 Å². The summed E-state index contributed by atoms with van der Waals surface area (Å²) in [5.74, 6) is 0.788. The Kier molecular flexibility index (Phi) is 5.63. The molecule has 0 saturated heterocycles. The summed E-state index contributed by atoms with van der Waals surface area (Å²) >= 11 is 5.72. The Balaban J connectivity index is 2.55. The van der Waals surface area contributed by atoms with Crippen molar-refractivity contribution < 1.29 is 14.6 Å². The van der Waals surface area contributed by atoms with Gasteiger partial charge in [0.05, 0.1) is 18.6 Å². The number of hydrogen-bond donors (Lipinski definition) is 2. The summed E-state index contributed by atoms with van der Waals surface area (Å²) in [4.78, 5) is 11.8. The van der Waals surface area contributed by atoms with Gasteiger partial charge in [0, 0.05) is 12.4 Å². The van der Waals surface area contributed by atoms with E-state index in [1.54, 1.807) is 45.2 Å². The smallest absolute Gasteiger partial charge is 0.226 e. The largest absolute Gasteiger partial charge is 0.497 e. The number of aliphatic hydroxyl groups excluding tert-OH is 1. The molecule has 106 valence electrons. The molecule has 1 aromatic carbocycles. The minimum atomic E-state index is -0.749. The number of carbonyl (C=O) groups is 1. The predicted molar refractivity (Wildman–Crippen MR) is 75.5 cm³/mol. The Hall–Kier alpha value is -1.26. The third-order valence-electron chi connectivity index (χ3n) is 2.91. The van der Waals surface area contributed by atoms with Crippen LogP contribution in [0.25, 0.3) is 0 Å². The topological polar surface area (TPSA) is 58.6 Å². The average Bonchev–Trinajstić information content (AvgIpc) is 2.44. The van der Waals surface area contributed by atoms with Crippen molar-refractivity contribution in [3.05, 3.63) is 29.8 Å². The van der Waals surface area contributed by atoms with E-state index < -0.39 is 11.5 Å². The van der Waals surface area contributed by atoms with Crippen LogP contribution in [-0.4, -0.2) is 30.5 Å². The Morgan fingerprint density at radius 3 is 2.47 bits per heavy atom. The van der Waals surface area contributed by atoms with E-state index in [1.165, 1.54) is 0 Å². The molecule has 0 aliphatic carbocycles. The minimum Gasteiger partial charge on any atom is -0.497 e. The van der Waals surface area contributed by atoms with Gasteiger partial charge in [-0.2, -0.15) is 0 Å². The maximum absolute atomic E-state index is 11.8. The zero-order valence-electron chi connectivity index (χ0n) is 11.4. The highest BCUT2D eigenvalue weighted by atomic mass is 35.5. The number of nitrogens with one attached hydrogen (secondary N) is 1. The molecule has 0 bridgehead atoms. The van der Waals surface area contributed by atoms with Gasteiger partial charge in [-0.3, -0.25) is 4.79 Å². The van der Waals surface area contributed by atoms with Crippen molar-refractivity contribution >= 4 is 17.5 Å². The highest BCUT2D eigenvalue weighted by molar-refractivity contribution is 6.19. The standard InChI is InChI=1S/C14H20ClNO3/c1-14(2,9-15)13(18)16-8-12(17)10-4-6-11(19-3)7-5-10/h4-7,12,17H,8-9H2,1-3H3,(H,16,18). The average molecular weight is 286 g/mol. The second-order valence-corrected chi connectivity index (χ2v) is 5.28. The van der Waals surface area contributed by atoms with Crippen molar-refractivity contribution in [2.45, 2.75) is 20.0 Å². The molecule has 0 aromatic heterocycles. The van der Waals surface area contributed by atoms with Gasteiger partial charge in [0.25, 0.3) is 0 Å². The zero-order valence-corrected chi connectivity index (χ0v) is 12.2. The van der Waals surface area contributed by atoms with E-state index in [1.807, 2.05) is 0 Å². The fraction of sp³-hybridized carbons (Fsp3) is 0.500. The van der Waals surface area contributed by atoms with Gasteiger partial charge in [-0.15, -0.1) is 11.6 Å². The first-order chi connectivity index (χ1) is 8.90. The van der Waals surface area contributed by atoms with E-state index in [2.05, 4.69) is 5.32 Å². The first kappa shape index (κ1) is 15.8. The number of alkyl halides is 1. The van der Waals surface area contributed by atoms with E-state index in [4.69, 9.17) is 16.3 Å². The molecular formula is C14H20ClNO3. The summed E-state index contributed by atoms with van der Waals surface area (Å²) < 4.78 is 5.04. The highest BCUT2D eigenvalue weighted by Gasteiger charge is 2.26. The third-order valence-corrected chi connectivity index (χ3v) is 3.57. The summed E-state index contributed by atoms with van der Waals surface area (Å²) in [5.41, 5.74) is 0.0889. The lowest BCUT2D eigenvalue weighted by Gasteiger charge is -2.21. The third kappa shape index (κ3) is 4.40. The maximum Gasteiger partial charge on any atom is 0.226 e. The van der Waals surface area contributed by atoms with Crippen molar-refractivity contribution in [1.82, 2.24) is 5.32 Å². The van der Waals surface area contributed by atoms with Crippen LogP contribution in [0, 0.1) is 5.41 Å². The van der Waals surface area contributed by atoms with Crippen LogP contribution in [0.15, 0.2) is 24.3 Å². The SMILES string of the molecule is COc1ccc(C(O)CNC(=O)C(C)(C)CCl)cc1. The lowest BCUT2D eigenvalue weighted by atomic mass is 9.95. The molecule has 0 spiro atoms. The molecule has 1 unspecified atom stereocenters. The molecule has 0 saturated carbocycles. The van der Waals surface area contributed by atoms with Crippen LogP contribution >= 0.6 is 11.6 Å².